The zero-order valence-corrected chi connectivity index (χ0v) is 14.7. The van der Waals surface area contributed by atoms with Crippen molar-refractivity contribution in [2.75, 3.05) is 5.32 Å². The highest BCUT2D eigenvalue weighted by Crippen LogP contribution is 2.25. The SMILES string of the molecule is CCCn1c(=O)n(CC(=O)Nc2ccccc2OC(F)F)c2ccccc21. The van der Waals surface area contributed by atoms with Gasteiger partial charge in [0.15, 0.2) is 0 Å². The Bertz CT molecular complexity index is 1010. The van der Waals surface area contributed by atoms with Gasteiger partial charge >= 0.3 is 12.3 Å². The number of fused-ring (bicyclic) bond motifs is 1. The molecule has 6 nitrogen and oxygen atoms in total. The van der Waals surface area contributed by atoms with E-state index in [-0.39, 0.29) is 23.7 Å². The van der Waals surface area contributed by atoms with Crippen LogP contribution in [-0.2, 0) is 17.9 Å². The Labute approximate surface area is 154 Å². The minimum absolute atomic E-state index is 0.119. The van der Waals surface area contributed by atoms with E-state index in [1.165, 1.54) is 22.8 Å². The van der Waals surface area contributed by atoms with E-state index in [0.29, 0.717) is 12.1 Å². The molecule has 142 valence electrons. The second kappa shape index (κ2) is 8.03. The van der Waals surface area contributed by atoms with Gasteiger partial charge in [-0.2, -0.15) is 8.78 Å². The maximum atomic E-state index is 12.7. The minimum Gasteiger partial charge on any atom is -0.433 e. The van der Waals surface area contributed by atoms with Crippen LogP contribution in [-0.4, -0.2) is 21.7 Å². The van der Waals surface area contributed by atoms with Crippen LogP contribution in [0.1, 0.15) is 13.3 Å². The zero-order valence-electron chi connectivity index (χ0n) is 14.7. The van der Waals surface area contributed by atoms with E-state index in [9.17, 15) is 18.4 Å². The quantitative estimate of drug-likeness (QED) is 0.688. The first kappa shape index (κ1) is 18.6. The van der Waals surface area contributed by atoms with E-state index in [1.54, 1.807) is 22.8 Å². The molecule has 0 unspecified atom stereocenters. The van der Waals surface area contributed by atoms with Gasteiger partial charge in [0.25, 0.3) is 0 Å². The fourth-order valence-electron chi connectivity index (χ4n) is 2.97. The van der Waals surface area contributed by atoms with E-state index in [1.807, 2.05) is 19.1 Å². The number of alkyl halides is 2. The molecule has 0 bridgehead atoms. The molecule has 0 saturated carbocycles. The van der Waals surface area contributed by atoms with Gasteiger partial charge in [-0.05, 0) is 30.7 Å². The normalized spacial score (nSPS) is 11.1. The van der Waals surface area contributed by atoms with Crippen LogP contribution in [0.5, 0.6) is 5.75 Å². The summed E-state index contributed by atoms with van der Waals surface area (Å²) < 4.78 is 32.4. The monoisotopic (exact) mass is 375 g/mol. The third-order valence-corrected chi connectivity index (χ3v) is 4.05. The lowest BCUT2D eigenvalue weighted by molar-refractivity contribution is -0.116. The number of benzene rings is 2. The van der Waals surface area contributed by atoms with Crippen molar-refractivity contribution in [1.29, 1.82) is 0 Å². The fraction of sp³-hybridized carbons (Fsp3) is 0.263. The number of hydrogen-bond donors (Lipinski definition) is 1. The van der Waals surface area contributed by atoms with Crippen molar-refractivity contribution < 1.29 is 18.3 Å². The Morgan fingerprint density at radius 2 is 1.70 bits per heavy atom. The number of halogens is 2. The number of imidazole rings is 1. The number of nitrogens with one attached hydrogen (secondary N) is 1. The number of carbonyl (C=O) groups is 1. The molecular formula is C19H19F2N3O3. The highest BCUT2D eigenvalue weighted by molar-refractivity contribution is 5.93. The van der Waals surface area contributed by atoms with Crippen molar-refractivity contribution in [3.63, 3.8) is 0 Å². The second-order valence-electron chi connectivity index (χ2n) is 5.93. The molecule has 0 atom stereocenters. The second-order valence-corrected chi connectivity index (χ2v) is 5.93. The summed E-state index contributed by atoms with van der Waals surface area (Å²) in [5.74, 6) is -0.650. The predicted molar refractivity (Wildman–Crippen MR) is 98.2 cm³/mol. The lowest BCUT2D eigenvalue weighted by Gasteiger charge is -2.12. The number of anilines is 1. The molecular weight excluding hydrogens is 356 g/mol. The first-order chi connectivity index (χ1) is 13.0. The summed E-state index contributed by atoms with van der Waals surface area (Å²) in [6.45, 7) is -0.735. The molecule has 3 aromatic rings. The molecule has 0 aliphatic heterocycles. The third kappa shape index (κ3) is 3.99. The van der Waals surface area contributed by atoms with Crippen LogP contribution in [0.2, 0.25) is 0 Å². The smallest absolute Gasteiger partial charge is 0.387 e. The van der Waals surface area contributed by atoms with Crippen LogP contribution in [0.15, 0.2) is 53.3 Å². The van der Waals surface area contributed by atoms with E-state index in [2.05, 4.69) is 10.1 Å². The average molecular weight is 375 g/mol. The van der Waals surface area contributed by atoms with Crippen LogP contribution in [0.25, 0.3) is 11.0 Å². The largest absolute Gasteiger partial charge is 0.433 e. The summed E-state index contributed by atoms with van der Waals surface area (Å²) in [5.41, 5.74) is 1.22. The lowest BCUT2D eigenvalue weighted by atomic mass is 10.3. The van der Waals surface area contributed by atoms with E-state index < -0.39 is 12.5 Å². The Morgan fingerprint density at radius 3 is 2.37 bits per heavy atom. The van der Waals surface area contributed by atoms with Gasteiger partial charge in [-0.15, -0.1) is 0 Å². The van der Waals surface area contributed by atoms with Gasteiger partial charge in [-0.25, -0.2) is 4.79 Å². The number of ether oxygens (including phenoxy) is 1. The van der Waals surface area contributed by atoms with Crippen LogP contribution in [0.3, 0.4) is 0 Å². The van der Waals surface area contributed by atoms with Gasteiger partial charge < -0.3 is 10.1 Å². The first-order valence-corrected chi connectivity index (χ1v) is 8.53. The molecule has 3 rings (SSSR count). The molecule has 0 saturated heterocycles. The molecule has 0 aliphatic rings. The number of nitrogens with zero attached hydrogens (tertiary/aromatic N) is 2. The van der Waals surface area contributed by atoms with Crippen LogP contribution in [0, 0.1) is 0 Å². The molecule has 8 heteroatoms. The van der Waals surface area contributed by atoms with Crippen molar-refractivity contribution in [2.24, 2.45) is 0 Å². The van der Waals surface area contributed by atoms with Crippen molar-refractivity contribution in [3.8, 4) is 5.75 Å². The Balaban J connectivity index is 1.88. The van der Waals surface area contributed by atoms with Crippen LogP contribution >= 0.6 is 0 Å². The number of aryl methyl sites for hydroxylation is 1. The molecule has 27 heavy (non-hydrogen) atoms. The molecule has 0 fully saturated rings. The fourth-order valence-corrected chi connectivity index (χ4v) is 2.97. The Kier molecular flexibility index (Phi) is 5.54. The highest BCUT2D eigenvalue weighted by Gasteiger charge is 2.16. The van der Waals surface area contributed by atoms with Crippen LogP contribution in [0.4, 0.5) is 14.5 Å². The minimum atomic E-state index is -3.00. The maximum Gasteiger partial charge on any atom is 0.387 e. The van der Waals surface area contributed by atoms with Gasteiger partial charge in [0.1, 0.15) is 12.3 Å². The third-order valence-electron chi connectivity index (χ3n) is 4.05. The average Bonchev–Trinajstić information content (AvgIpc) is 2.89. The topological polar surface area (TPSA) is 65.3 Å². The highest BCUT2D eigenvalue weighted by atomic mass is 19.3. The molecule has 0 spiro atoms. The van der Waals surface area contributed by atoms with Gasteiger partial charge in [0.2, 0.25) is 5.91 Å². The van der Waals surface area contributed by atoms with Crippen molar-refractivity contribution >= 4 is 22.6 Å². The predicted octanol–water partition coefficient (Wildman–Crippen LogP) is 3.45. The lowest BCUT2D eigenvalue weighted by Crippen LogP contribution is -2.29. The number of amides is 1. The number of hydrogen-bond acceptors (Lipinski definition) is 3. The van der Waals surface area contributed by atoms with Gasteiger partial charge in [-0.1, -0.05) is 31.2 Å². The Hall–Kier alpha value is -3.16. The summed E-state index contributed by atoms with van der Waals surface area (Å²) in [4.78, 5) is 25.2. The van der Waals surface area contributed by atoms with Gasteiger partial charge in [0, 0.05) is 6.54 Å². The number of para-hydroxylation sites is 4. The number of aromatic nitrogens is 2. The summed E-state index contributed by atoms with van der Waals surface area (Å²) in [7, 11) is 0. The van der Waals surface area contributed by atoms with Crippen molar-refractivity contribution in [1.82, 2.24) is 9.13 Å². The van der Waals surface area contributed by atoms with E-state index >= 15 is 0 Å². The van der Waals surface area contributed by atoms with E-state index in [4.69, 9.17) is 0 Å². The standard InChI is InChI=1S/C19H19F2N3O3/c1-2-11-23-14-8-4-5-9-15(14)24(19(23)26)12-17(25)22-13-7-3-6-10-16(13)27-18(20)21/h3-10,18H,2,11-12H2,1H3,(H,22,25). The summed E-state index contributed by atoms with van der Waals surface area (Å²) in [5, 5.41) is 2.53. The molecule has 1 heterocycles. The number of carbonyl (C=O) groups excluding carboxylic acids is 1. The molecule has 0 aliphatic carbocycles. The van der Waals surface area contributed by atoms with Gasteiger partial charge in [0.05, 0.1) is 16.7 Å². The summed E-state index contributed by atoms with van der Waals surface area (Å²) in [6, 6.07) is 13.1. The molecule has 1 aromatic heterocycles. The van der Waals surface area contributed by atoms with Gasteiger partial charge in [-0.3, -0.25) is 13.9 Å². The van der Waals surface area contributed by atoms with Crippen molar-refractivity contribution in [2.45, 2.75) is 33.0 Å². The number of rotatable bonds is 7. The molecule has 0 radical (unpaired) electrons. The first-order valence-electron chi connectivity index (χ1n) is 8.53. The molecule has 1 amide bonds. The van der Waals surface area contributed by atoms with E-state index in [0.717, 1.165) is 11.9 Å². The summed E-state index contributed by atoms with van der Waals surface area (Å²) >= 11 is 0. The molecule has 2 aromatic carbocycles. The van der Waals surface area contributed by atoms with Crippen molar-refractivity contribution in [3.05, 3.63) is 59.0 Å². The Morgan fingerprint density at radius 1 is 1.07 bits per heavy atom. The molecule has 1 N–H and O–H groups in total. The van der Waals surface area contributed by atoms with Crippen LogP contribution < -0.4 is 15.7 Å². The summed E-state index contributed by atoms with van der Waals surface area (Å²) in [6.07, 6.45) is 0.776. The maximum absolute atomic E-state index is 12.7. The zero-order chi connectivity index (χ0) is 19.4.